The molecule has 1 aliphatic carbocycles. The molecule has 206 valence electrons. The number of aromatic nitrogens is 1. The second kappa shape index (κ2) is 7.94. The molecule has 6 aromatic carbocycles. The first-order valence-corrected chi connectivity index (χ1v) is 15.3. The normalized spacial score (nSPS) is 15.5. The van der Waals surface area contributed by atoms with Crippen LogP contribution in [0.4, 0.5) is 0 Å². The Morgan fingerprint density at radius 1 is 0.512 bits per heavy atom. The van der Waals surface area contributed by atoms with Gasteiger partial charge in [0.1, 0.15) is 0 Å². The highest BCUT2D eigenvalue weighted by Gasteiger charge is 2.41. The van der Waals surface area contributed by atoms with E-state index in [1.165, 1.54) is 82.4 Å². The minimum absolute atomic E-state index is 0.142. The maximum atomic E-state index is 4.25. The standard InChI is InChI=1S/C42H33N/c1-7-24-25(8-2)30-20-32-33-22-37-39(23-36(33)42(5,6)35(32)21-31(30)27-15-10-9-14-26(24)27)43-38-19-12-11-16-28(38)29-17-13-18-34(40(29)43)41(37,3)4/h7-23H,1-2H2,3-6H3. The third-order valence-electron chi connectivity index (χ3n) is 10.7. The van der Waals surface area contributed by atoms with E-state index in [0.717, 1.165) is 11.1 Å². The van der Waals surface area contributed by atoms with Crippen molar-refractivity contribution in [3.8, 4) is 16.8 Å². The van der Waals surface area contributed by atoms with Gasteiger partial charge >= 0.3 is 0 Å². The van der Waals surface area contributed by atoms with Crippen molar-refractivity contribution < 1.29 is 0 Å². The summed E-state index contributed by atoms with van der Waals surface area (Å²) in [6.07, 6.45) is 4.00. The van der Waals surface area contributed by atoms with Gasteiger partial charge in [-0.15, -0.1) is 0 Å². The van der Waals surface area contributed by atoms with Crippen LogP contribution in [0.15, 0.2) is 104 Å². The quantitative estimate of drug-likeness (QED) is 0.188. The SMILES string of the molecule is C=Cc1c(C=C)c2cc3c(cc2c2ccccc12)C(C)(C)c1cc2c(cc1-3)C(C)(C)c1cccc3c4ccccc4n-2c13. The summed E-state index contributed by atoms with van der Waals surface area (Å²) in [5.41, 5.74) is 14.2. The van der Waals surface area contributed by atoms with Crippen LogP contribution < -0.4 is 0 Å². The fourth-order valence-electron chi connectivity index (χ4n) is 8.55. The number of para-hydroxylation sites is 2. The minimum Gasteiger partial charge on any atom is -0.309 e. The number of hydrogen-bond donors (Lipinski definition) is 0. The van der Waals surface area contributed by atoms with Gasteiger partial charge in [0.15, 0.2) is 0 Å². The summed E-state index contributed by atoms with van der Waals surface area (Å²) in [5, 5.41) is 7.68. The van der Waals surface area contributed by atoms with Gasteiger partial charge in [0.2, 0.25) is 0 Å². The van der Waals surface area contributed by atoms with Gasteiger partial charge < -0.3 is 4.57 Å². The molecule has 43 heavy (non-hydrogen) atoms. The van der Waals surface area contributed by atoms with E-state index in [1.807, 2.05) is 12.2 Å². The molecule has 1 heteroatoms. The lowest BCUT2D eigenvalue weighted by Crippen LogP contribution is -2.27. The smallest absolute Gasteiger partial charge is 0.0582 e. The van der Waals surface area contributed by atoms with Crippen LogP contribution in [-0.2, 0) is 10.8 Å². The third kappa shape index (κ3) is 2.83. The van der Waals surface area contributed by atoms with Crippen LogP contribution in [0.5, 0.6) is 0 Å². The molecule has 0 spiro atoms. The molecule has 0 saturated heterocycles. The second-order valence-electron chi connectivity index (χ2n) is 13.4. The molecule has 0 bridgehead atoms. The Morgan fingerprint density at radius 2 is 1.12 bits per heavy atom. The van der Waals surface area contributed by atoms with Crippen LogP contribution in [-0.4, -0.2) is 4.57 Å². The van der Waals surface area contributed by atoms with Gasteiger partial charge in [0, 0.05) is 21.6 Å². The molecule has 0 radical (unpaired) electrons. The van der Waals surface area contributed by atoms with Crippen LogP contribution in [0.25, 0.3) is 72.3 Å². The van der Waals surface area contributed by atoms with Crippen molar-refractivity contribution in [2.24, 2.45) is 0 Å². The molecule has 1 nitrogen and oxygen atoms in total. The molecule has 0 saturated carbocycles. The number of nitrogens with zero attached hydrogens (tertiary/aromatic N) is 1. The fraction of sp³-hybridized carbons (Fsp3) is 0.143. The highest BCUT2D eigenvalue weighted by molar-refractivity contribution is 6.16. The lowest BCUT2D eigenvalue weighted by Gasteiger charge is -2.36. The molecule has 7 aromatic rings. The van der Waals surface area contributed by atoms with Gasteiger partial charge in [-0.05, 0) is 96.4 Å². The van der Waals surface area contributed by atoms with E-state index < -0.39 is 0 Å². The van der Waals surface area contributed by atoms with Crippen LogP contribution >= 0.6 is 0 Å². The number of hydrogen-bond acceptors (Lipinski definition) is 0. The zero-order valence-corrected chi connectivity index (χ0v) is 25.2. The third-order valence-corrected chi connectivity index (χ3v) is 10.7. The van der Waals surface area contributed by atoms with Crippen molar-refractivity contribution in [2.75, 3.05) is 0 Å². The molecular weight excluding hydrogens is 518 g/mol. The minimum atomic E-state index is -0.149. The van der Waals surface area contributed by atoms with Gasteiger partial charge in [0.25, 0.3) is 0 Å². The lowest BCUT2D eigenvalue weighted by molar-refractivity contribution is 0.625. The summed E-state index contributed by atoms with van der Waals surface area (Å²) in [6, 6.07) is 34.4. The Bertz CT molecular complexity index is 2420. The van der Waals surface area contributed by atoms with Crippen molar-refractivity contribution in [1.29, 1.82) is 0 Å². The topological polar surface area (TPSA) is 4.93 Å². The maximum absolute atomic E-state index is 4.25. The van der Waals surface area contributed by atoms with E-state index in [1.54, 1.807) is 0 Å². The number of fused-ring (bicyclic) bond motifs is 11. The van der Waals surface area contributed by atoms with Gasteiger partial charge in [0.05, 0.1) is 16.7 Å². The molecule has 2 aliphatic rings. The zero-order valence-electron chi connectivity index (χ0n) is 25.2. The Balaban J connectivity index is 1.42. The van der Waals surface area contributed by atoms with E-state index in [0.29, 0.717) is 0 Å². The largest absolute Gasteiger partial charge is 0.309 e. The van der Waals surface area contributed by atoms with Crippen LogP contribution in [0.1, 0.15) is 61.1 Å². The summed E-state index contributed by atoms with van der Waals surface area (Å²) in [6.45, 7) is 18.0. The Labute approximate surface area is 252 Å². The predicted molar refractivity (Wildman–Crippen MR) is 186 cm³/mol. The summed E-state index contributed by atoms with van der Waals surface area (Å²) in [5.74, 6) is 0. The molecule has 0 amide bonds. The van der Waals surface area contributed by atoms with Crippen LogP contribution in [0.2, 0.25) is 0 Å². The number of benzene rings is 6. The van der Waals surface area contributed by atoms with Crippen LogP contribution in [0.3, 0.4) is 0 Å². The fourth-order valence-corrected chi connectivity index (χ4v) is 8.55. The summed E-state index contributed by atoms with van der Waals surface area (Å²) in [7, 11) is 0. The summed E-state index contributed by atoms with van der Waals surface area (Å²) >= 11 is 0. The molecule has 0 fully saturated rings. The van der Waals surface area contributed by atoms with Crippen molar-refractivity contribution in [1.82, 2.24) is 4.57 Å². The van der Waals surface area contributed by atoms with Crippen LogP contribution in [0, 0.1) is 0 Å². The molecule has 1 aliphatic heterocycles. The average Bonchev–Trinajstić information content (AvgIpc) is 3.47. The Kier molecular flexibility index (Phi) is 4.56. The van der Waals surface area contributed by atoms with E-state index >= 15 is 0 Å². The zero-order chi connectivity index (χ0) is 29.4. The maximum Gasteiger partial charge on any atom is 0.0582 e. The predicted octanol–water partition coefficient (Wildman–Crippen LogP) is 11.3. The first-order chi connectivity index (χ1) is 20.8. The van der Waals surface area contributed by atoms with Crippen molar-refractivity contribution in [3.63, 3.8) is 0 Å². The molecule has 0 unspecified atom stereocenters. The van der Waals surface area contributed by atoms with Gasteiger partial charge in [-0.1, -0.05) is 114 Å². The van der Waals surface area contributed by atoms with Crippen molar-refractivity contribution >= 4 is 55.5 Å². The first-order valence-electron chi connectivity index (χ1n) is 15.3. The van der Waals surface area contributed by atoms with Gasteiger partial charge in [-0.25, -0.2) is 0 Å². The van der Waals surface area contributed by atoms with E-state index in [4.69, 9.17) is 0 Å². The van der Waals surface area contributed by atoms with Crippen molar-refractivity contribution in [3.05, 3.63) is 138 Å². The molecule has 0 N–H and O–H groups in total. The van der Waals surface area contributed by atoms with Gasteiger partial charge in [-0.3, -0.25) is 0 Å². The average molecular weight is 552 g/mol. The van der Waals surface area contributed by atoms with Gasteiger partial charge in [-0.2, -0.15) is 0 Å². The molecule has 1 aromatic heterocycles. The van der Waals surface area contributed by atoms with E-state index in [9.17, 15) is 0 Å². The molecule has 2 heterocycles. The monoisotopic (exact) mass is 551 g/mol. The van der Waals surface area contributed by atoms with E-state index in [-0.39, 0.29) is 10.8 Å². The highest BCUT2D eigenvalue weighted by atomic mass is 15.0. The highest BCUT2D eigenvalue weighted by Crippen LogP contribution is 2.55. The van der Waals surface area contributed by atoms with E-state index in [2.05, 4.69) is 136 Å². The number of rotatable bonds is 2. The summed E-state index contributed by atoms with van der Waals surface area (Å²) in [4.78, 5) is 0. The molecule has 0 atom stereocenters. The van der Waals surface area contributed by atoms with Crippen molar-refractivity contribution in [2.45, 2.75) is 38.5 Å². The first kappa shape index (κ1) is 24.7. The molecule has 9 rings (SSSR count). The summed E-state index contributed by atoms with van der Waals surface area (Å²) < 4.78 is 2.54. The lowest BCUT2D eigenvalue weighted by atomic mass is 9.73. The second-order valence-corrected chi connectivity index (χ2v) is 13.4. The Morgan fingerprint density at radius 3 is 1.88 bits per heavy atom. The molecular formula is C42H33N. The Hall–Kier alpha value is -4.88.